The van der Waals surface area contributed by atoms with Crippen LogP contribution in [0.2, 0.25) is 0 Å². The van der Waals surface area contributed by atoms with Crippen LogP contribution in [0.15, 0.2) is 28.7 Å². The van der Waals surface area contributed by atoms with Crippen molar-refractivity contribution < 1.29 is 13.7 Å². The number of non-ortho nitro benzene ring substituents is 1. The first-order valence-electron chi connectivity index (χ1n) is 6.61. The SMILES string of the molecule is Cc1cc(C(C)NCc2cc(F)cc([N+](=O)[O-])c2)c(C)o1. The molecule has 0 spiro atoms. The summed E-state index contributed by atoms with van der Waals surface area (Å²) in [7, 11) is 0. The second-order valence-corrected chi connectivity index (χ2v) is 5.05. The molecule has 1 aromatic heterocycles. The van der Waals surface area contributed by atoms with E-state index in [1.165, 1.54) is 12.1 Å². The van der Waals surface area contributed by atoms with E-state index in [1.54, 1.807) is 0 Å². The highest BCUT2D eigenvalue weighted by atomic mass is 19.1. The van der Waals surface area contributed by atoms with E-state index in [1.807, 2.05) is 26.8 Å². The van der Waals surface area contributed by atoms with Gasteiger partial charge in [-0.05, 0) is 38.5 Å². The molecule has 1 atom stereocenters. The van der Waals surface area contributed by atoms with Gasteiger partial charge in [0.25, 0.3) is 5.69 Å². The predicted octanol–water partition coefficient (Wildman–Crippen LogP) is 3.79. The van der Waals surface area contributed by atoms with Gasteiger partial charge in [0.1, 0.15) is 17.3 Å². The first-order chi connectivity index (χ1) is 9.86. The van der Waals surface area contributed by atoms with Crippen molar-refractivity contribution in [2.24, 2.45) is 0 Å². The summed E-state index contributed by atoms with van der Waals surface area (Å²) < 4.78 is 18.8. The van der Waals surface area contributed by atoms with E-state index in [0.717, 1.165) is 23.2 Å². The van der Waals surface area contributed by atoms with Crippen molar-refractivity contribution in [1.29, 1.82) is 0 Å². The van der Waals surface area contributed by atoms with Crippen LogP contribution in [-0.2, 0) is 6.54 Å². The van der Waals surface area contributed by atoms with Crippen molar-refractivity contribution in [1.82, 2.24) is 5.32 Å². The van der Waals surface area contributed by atoms with Crippen molar-refractivity contribution >= 4 is 5.69 Å². The number of hydrogen-bond donors (Lipinski definition) is 1. The van der Waals surface area contributed by atoms with Crippen LogP contribution in [0.3, 0.4) is 0 Å². The summed E-state index contributed by atoms with van der Waals surface area (Å²) in [6.07, 6.45) is 0. The average molecular weight is 292 g/mol. The minimum absolute atomic E-state index is 0.00442. The average Bonchev–Trinajstić information content (AvgIpc) is 2.74. The lowest BCUT2D eigenvalue weighted by molar-refractivity contribution is -0.385. The summed E-state index contributed by atoms with van der Waals surface area (Å²) in [5.41, 5.74) is 1.32. The number of rotatable bonds is 5. The fourth-order valence-corrected chi connectivity index (χ4v) is 2.30. The van der Waals surface area contributed by atoms with Gasteiger partial charge >= 0.3 is 0 Å². The Morgan fingerprint density at radius 2 is 2.05 bits per heavy atom. The van der Waals surface area contributed by atoms with E-state index >= 15 is 0 Å². The molecule has 1 unspecified atom stereocenters. The second-order valence-electron chi connectivity index (χ2n) is 5.05. The first kappa shape index (κ1) is 15.2. The Balaban J connectivity index is 2.09. The van der Waals surface area contributed by atoms with Crippen molar-refractivity contribution in [3.05, 3.63) is 62.8 Å². The Kier molecular flexibility index (Phi) is 4.37. The van der Waals surface area contributed by atoms with Gasteiger partial charge in [0.05, 0.1) is 11.0 Å². The molecule has 1 heterocycles. The van der Waals surface area contributed by atoms with Crippen LogP contribution < -0.4 is 5.32 Å². The summed E-state index contributed by atoms with van der Waals surface area (Å²) >= 11 is 0. The molecule has 2 aromatic rings. The zero-order valence-corrected chi connectivity index (χ0v) is 12.1. The van der Waals surface area contributed by atoms with Crippen LogP contribution >= 0.6 is 0 Å². The Labute approximate surface area is 121 Å². The van der Waals surface area contributed by atoms with E-state index in [-0.39, 0.29) is 11.7 Å². The standard InChI is InChI=1S/C15H17FN2O3/c1-9-4-15(11(3)21-9)10(2)17-8-12-5-13(16)7-14(6-12)18(19)20/h4-7,10,17H,8H2,1-3H3. The van der Waals surface area contributed by atoms with E-state index in [4.69, 9.17) is 4.42 Å². The zero-order chi connectivity index (χ0) is 15.6. The van der Waals surface area contributed by atoms with Gasteiger partial charge in [0.15, 0.2) is 0 Å². The van der Waals surface area contributed by atoms with Crippen molar-refractivity contribution in [3.8, 4) is 0 Å². The summed E-state index contributed by atoms with van der Waals surface area (Å²) in [5.74, 6) is 1.05. The molecule has 2 rings (SSSR count). The van der Waals surface area contributed by atoms with Crippen LogP contribution in [0.5, 0.6) is 0 Å². The van der Waals surface area contributed by atoms with E-state index < -0.39 is 10.7 Å². The third kappa shape index (κ3) is 3.66. The van der Waals surface area contributed by atoms with Gasteiger partial charge < -0.3 is 9.73 Å². The molecule has 5 nitrogen and oxygen atoms in total. The minimum Gasteiger partial charge on any atom is -0.466 e. The Morgan fingerprint density at radius 3 is 2.62 bits per heavy atom. The molecule has 112 valence electrons. The van der Waals surface area contributed by atoms with Crippen molar-refractivity contribution in [2.75, 3.05) is 0 Å². The number of nitrogens with zero attached hydrogens (tertiary/aromatic N) is 1. The van der Waals surface area contributed by atoms with Gasteiger partial charge in [-0.2, -0.15) is 0 Å². The summed E-state index contributed by atoms with van der Waals surface area (Å²) in [6, 6.07) is 5.53. The number of halogens is 1. The predicted molar refractivity (Wildman–Crippen MR) is 76.5 cm³/mol. The maximum absolute atomic E-state index is 13.4. The lowest BCUT2D eigenvalue weighted by Crippen LogP contribution is -2.18. The van der Waals surface area contributed by atoms with Crippen molar-refractivity contribution in [3.63, 3.8) is 0 Å². The smallest absolute Gasteiger partial charge is 0.272 e. The molecule has 1 N–H and O–H groups in total. The molecule has 0 saturated carbocycles. The summed E-state index contributed by atoms with van der Waals surface area (Å²) in [5, 5.41) is 13.9. The number of aryl methyl sites for hydroxylation is 2. The Bertz CT molecular complexity index is 667. The molecule has 0 aliphatic heterocycles. The summed E-state index contributed by atoms with van der Waals surface area (Å²) in [4.78, 5) is 10.1. The van der Waals surface area contributed by atoms with Crippen molar-refractivity contribution in [2.45, 2.75) is 33.4 Å². The molecule has 0 amide bonds. The largest absolute Gasteiger partial charge is 0.466 e. The molecule has 0 saturated heterocycles. The normalized spacial score (nSPS) is 12.4. The summed E-state index contributed by atoms with van der Waals surface area (Å²) in [6.45, 7) is 6.06. The topological polar surface area (TPSA) is 68.3 Å². The fourth-order valence-electron chi connectivity index (χ4n) is 2.30. The highest BCUT2D eigenvalue weighted by molar-refractivity contribution is 5.35. The lowest BCUT2D eigenvalue weighted by atomic mass is 10.1. The molecule has 0 fully saturated rings. The van der Waals surface area contributed by atoms with Crippen LogP contribution in [0.4, 0.5) is 10.1 Å². The van der Waals surface area contributed by atoms with Gasteiger partial charge in [-0.3, -0.25) is 10.1 Å². The monoisotopic (exact) mass is 292 g/mol. The van der Waals surface area contributed by atoms with E-state index in [0.29, 0.717) is 12.1 Å². The molecule has 0 aliphatic carbocycles. The van der Waals surface area contributed by atoms with Gasteiger partial charge in [-0.15, -0.1) is 0 Å². The molecule has 6 heteroatoms. The third-order valence-corrected chi connectivity index (χ3v) is 3.31. The quantitative estimate of drug-likeness (QED) is 0.672. The Hall–Kier alpha value is -2.21. The van der Waals surface area contributed by atoms with Crippen LogP contribution in [0.25, 0.3) is 0 Å². The minimum atomic E-state index is -0.607. The van der Waals surface area contributed by atoms with Crippen LogP contribution in [0, 0.1) is 29.8 Å². The number of nitrogens with one attached hydrogen (secondary N) is 1. The Morgan fingerprint density at radius 1 is 1.33 bits per heavy atom. The molecule has 21 heavy (non-hydrogen) atoms. The molecule has 0 radical (unpaired) electrons. The first-order valence-corrected chi connectivity index (χ1v) is 6.61. The fraction of sp³-hybridized carbons (Fsp3) is 0.333. The van der Waals surface area contributed by atoms with Gasteiger partial charge in [-0.1, -0.05) is 0 Å². The second kappa shape index (κ2) is 6.05. The number of nitro benzene ring substituents is 1. The molecular formula is C15H17FN2O3. The molecule has 0 aliphatic rings. The number of benzene rings is 1. The maximum Gasteiger partial charge on any atom is 0.272 e. The van der Waals surface area contributed by atoms with Gasteiger partial charge in [0, 0.05) is 24.2 Å². The molecular weight excluding hydrogens is 275 g/mol. The van der Waals surface area contributed by atoms with E-state index in [2.05, 4.69) is 5.32 Å². The number of hydrogen-bond acceptors (Lipinski definition) is 4. The third-order valence-electron chi connectivity index (χ3n) is 3.31. The van der Waals surface area contributed by atoms with E-state index in [9.17, 15) is 14.5 Å². The van der Waals surface area contributed by atoms with Crippen LogP contribution in [-0.4, -0.2) is 4.92 Å². The maximum atomic E-state index is 13.4. The van der Waals surface area contributed by atoms with Gasteiger partial charge in [-0.25, -0.2) is 4.39 Å². The van der Waals surface area contributed by atoms with Gasteiger partial charge in [0.2, 0.25) is 0 Å². The highest BCUT2D eigenvalue weighted by Gasteiger charge is 2.14. The lowest BCUT2D eigenvalue weighted by Gasteiger charge is -2.13. The molecule has 1 aromatic carbocycles. The highest BCUT2D eigenvalue weighted by Crippen LogP contribution is 2.22. The van der Waals surface area contributed by atoms with Crippen LogP contribution in [0.1, 0.15) is 35.6 Å². The number of nitro groups is 1. The molecule has 0 bridgehead atoms. The number of furan rings is 1. The zero-order valence-electron chi connectivity index (χ0n) is 12.1.